The van der Waals surface area contributed by atoms with Gasteiger partial charge in [-0.25, -0.2) is 0 Å². The van der Waals surface area contributed by atoms with E-state index in [0.717, 1.165) is 82.7 Å². The van der Waals surface area contributed by atoms with Gasteiger partial charge in [0.25, 0.3) is 0 Å². The number of rotatable bonds is 8. The van der Waals surface area contributed by atoms with Crippen LogP contribution in [0.25, 0.3) is 0 Å². The summed E-state index contributed by atoms with van der Waals surface area (Å²) in [5, 5.41) is 3.51. The van der Waals surface area contributed by atoms with E-state index in [1.165, 1.54) is 0 Å². The van der Waals surface area contributed by atoms with Crippen molar-refractivity contribution in [2.45, 2.75) is 32.4 Å². The summed E-state index contributed by atoms with van der Waals surface area (Å²) in [7, 11) is 1.85. The Morgan fingerprint density at radius 2 is 1.90 bits per heavy atom. The van der Waals surface area contributed by atoms with E-state index in [-0.39, 0.29) is 24.0 Å². The number of likely N-dealkylation sites (tertiary alicyclic amines) is 1. The van der Waals surface area contributed by atoms with Gasteiger partial charge in [-0.05, 0) is 25.8 Å². The molecule has 1 aromatic carbocycles. The van der Waals surface area contributed by atoms with E-state index in [1.54, 1.807) is 0 Å². The van der Waals surface area contributed by atoms with E-state index >= 15 is 0 Å². The lowest BCUT2D eigenvalue weighted by atomic mass is 10.1. The molecule has 2 aliphatic rings. The molecular weight excluding hydrogens is 495 g/mol. The third kappa shape index (κ3) is 7.86. The fourth-order valence-electron chi connectivity index (χ4n) is 3.88. The van der Waals surface area contributed by atoms with E-state index < -0.39 is 0 Å². The lowest BCUT2D eigenvalue weighted by Crippen LogP contribution is -2.46. The van der Waals surface area contributed by atoms with E-state index in [2.05, 4.69) is 39.2 Å². The molecule has 2 heterocycles. The number of nitrogens with one attached hydrogen (secondary N) is 1. The molecule has 7 nitrogen and oxygen atoms in total. The van der Waals surface area contributed by atoms with Crippen molar-refractivity contribution in [3.05, 3.63) is 29.8 Å². The van der Waals surface area contributed by atoms with Gasteiger partial charge in [-0.3, -0.25) is 9.89 Å². The standard InChI is InChI=1S/C22H36N4O3.HI/c1-3-28-20-8-10-26(11-9-20)22(23-2)24-18-19-6-4-5-7-21(19)29-17-14-25-12-15-27-16-13-25;/h4-7,20H,3,8-18H2,1-2H3,(H,23,24);1H. The molecule has 0 atom stereocenters. The van der Waals surface area contributed by atoms with Gasteiger partial charge < -0.3 is 24.4 Å². The Morgan fingerprint density at radius 3 is 2.60 bits per heavy atom. The van der Waals surface area contributed by atoms with Crippen molar-refractivity contribution >= 4 is 29.9 Å². The first kappa shape index (κ1) is 25.2. The van der Waals surface area contributed by atoms with Crippen molar-refractivity contribution < 1.29 is 14.2 Å². The zero-order valence-corrected chi connectivity index (χ0v) is 20.7. The lowest BCUT2D eigenvalue weighted by molar-refractivity contribution is 0.0263. The van der Waals surface area contributed by atoms with Crippen LogP contribution in [0.5, 0.6) is 5.75 Å². The zero-order valence-electron chi connectivity index (χ0n) is 18.3. The molecule has 0 unspecified atom stereocenters. The van der Waals surface area contributed by atoms with E-state index in [0.29, 0.717) is 19.3 Å². The maximum atomic E-state index is 6.10. The molecule has 0 saturated carbocycles. The predicted octanol–water partition coefficient (Wildman–Crippen LogP) is 2.59. The van der Waals surface area contributed by atoms with Crippen molar-refractivity contribution in [2.24, 2.45) is 4.99 Å². The number of guanidine groups is 1. The minimum Gasteiger partial charge on any atom is -0.492 e. The molecule has 30 heavy (non-hydrogen) atoms. The molecule has 0 aromatic heterocycles. The average molecular weight is 532 g/mol. The monoisotopic (exact) mass is 532 g/mol. The van der Waals surface area contributed by atoms with E-state index in [1.807, 2.05) is 19.2 Å². The van der Waals surface area contributed by atoms with Crippen molar-refractivity contribution in [1.82, 2.24) is 15.1 Å². The van der Waals surface area contributed by atoms with Crippen LogP contribution >= 0.6 is 24.0 Å². The highest BCUT2D eigenvalue weighted by molar-refractivity contribution is 14.0. The Kier molecular flexibility index (Phi) is 11.8. The van der Waals surface area contributed by atoms with Gasteiger partial charge in [0.15, 0.2) is 5.96 Å². The summed E-state index contributed by atoms with van der Waals surface area (Å²) < 4.78 is 17.3. The van der Waals surface area contributed by atoms with Gasteiger partial charge in [-0.15, -0.1) is 24.0 Å². The third-order valence-electron chi connectivity index (χ3n) is 5.53. The second kappa shape index (κ2) is 14.1. The highest BCUT2D eigenvalue weighted by Gasteiger charge is 2.21. The summed E-state index contributed by atoms with van der Waals surface area (Å²) in [4.78, 5) is 9.19. The fraction of sp³-hybridized carbons (Fsp3) is 0.682. The number of hydrogen-bond acceptors (Lipinski definition) is 5. The number of nitrogens with zero attached hydrogens (tertiary/aromatic N) is 3. The number of piperidine rings is 1. The maximum Gasteiger partial charge on any atom is 0.193 e. The molecule has 0 amide bonds. The van der Waals surface area contributed by atoms with Gasteiger partial charge in [-0.2, -0.15) is 0 Å². The van der Waals surface area contributed by atoms with Gasteiger partial charge in [0.05, 0.1) is 19.3 Å². The summed E-state index contributed by atoms with van der Waals surface area (Å²) in [6.07, 6.45) is 2.49. The van der Waals surface area contributed by atoms with Crippen molar-refractivity contribution in [2.75, 3.05) is 66.2 Å². The van der Waals surface area contributed by atoms with Crippen molar-refractivity contribution in [3.63, 3.8) is 0 Å². The first-order valence-corrected chi connectivity index (χ1v) is 10.9. The van der Waals surface area contributed by atoms with Crippen LogP contribution in [0.4, 0.5) is 0 Å². The third-order valence-corrected chi connectivity index (χ3v) is 5.53. The van der Waals surface area contributed by atoms with Crippen LogP contribution in [0.15, 0.2) is 29.3 Å². The van der Waals surface area contributed by atoms with Crippen LogP contribution in [-0.2, 0) is 16.0 Å². The molecule has 2 saturated heterocycles. The quantitative estimate of drug-likeness (QED) is 0.316. The van der Waals surface area contributed by atoms with Crippen LogP contribution in [0.2, 0.25) is 0 Å². The topological polar surface area (TPSA) is 58.6 Å². The molecule has 0 aliphatic carbocycles. The van der Waals surface area contributed by atoms with Gasteiger partial charge in [0.2, 0.25) is 0 Å². The second-order valence-electron chi connectivity index (χ2n) is 7.45. The SMILES string of the molecule is CCOC1CCN(C(=NC)NCc2ccccc2OCCN2CCOCC2)CC1.I. The average Bonchev–Trinajstić information content (AvgIpc) is 2.77. The fourth-order valence-corrected chi connectivity index (χ4v) is 3.88. The molecular formula is C22H37IN4O3. The Labute approximate surface area is 198 Å². The Balaban J connectivity index is 0.00000320. The summed E-state index contributed by atoms with van der Waals surface area (Å²) in [6, 6.07) is 8.25. The number of aliphatic imine (C=N–C) groups is 1. The molecule has 1 N–H and O–H groups in total. The Hall–Kier alpha value is -1.10. The Morgan fingerprint density at radius 1 is 1.17 bits per heavy atom. The molecule has 3 rings (SSSR count). The highest BCUT2D eigenvalue weighted by Crippen LogP contribution is 2.19. The molecule has 0 radical (unpaired) electrons. The van der Waals surface area contributed by atoms with Gasteiger partial charge >= 0.3 is 0 Å². The van der Waals surface area contributed by atoms with Gasteiger partial charge in [0, 0.05) is 58.5 Å². The van der Waals surface area contributed by atoms with Crippen LogP contribution in [0.3, 0.4) is 0 Å². The molecule has 170 valence electrons. The molecule has 8 heteroatoms. The minimum absolute atomic E-state index is 0. The van der Waals surface area contributed by atoms with E-state index in [9.17, 15) is 0 Å². The number of morpholine rings is 1. The molecule has 1 aromatic rings. The molecule has 0 bridgehead atoms. The van der Waals surface area contributed by atoms with E-state index in [4.69, 9.17) is 14.2 Å². The number of benzene rings is 1. The lowest BCUT2D eigenvalue weighted by Gasteiger charge is -2.34. The normalized spacial score (nSPS) is 18.7. The molecule has 0 spiro atoms. The van der Waals surface area contributed by atoms with Crippen LogP contribution < -0.4 is 10.1 Å². The summed E-state index contributed by atoms with van der Waals surface area (Å²) in [5.74, 6) is 1.89. The maximum absolute atomic E-state index is 6.10. The van der Waals surface area contributed by atoms with Crippen LogP contribution in [-0.4, -0.2) is 88.1 Å². The van der Waals surface area contributed by atoms with Gasteiger partial charge in [-0.1, -0.05) is 18.2 Å². The highest BCUT2D eigenvalue weighted by atomic mass is 127. The molecule has 2 fully saturated rings. The number of ether oxygens (including phenoxy) is 3. The predicted molar refractivity (Wildman–Crippen MR) is 131 cm³/mol. The van der Waals surface area contributed by atoms with Crippen molar-refractivity contribution in [3.8, 4) is 5.75 Å². The first-order valence-electron chi connectivity index (χ1n) is 10.9. The second-order valence-corrected chi connectivity index (χ2v) is 7.45. The summed E-state index contributed by atoms with van der Waals surface area (Å²) in [5.41, 5.74) is 1.15. The van der Waals surface area contributed by atoms with Crippen LogP contribution in [0, 0.1) is 0 Å². The number of halogens is 1. The van der Waals surface area contributed by atoms with Gasteiger partial charge in [0.1, 0.15) is 12.4 Å². The first-order chi connectivity index (χ1) is 14.3. The summed E-state index contributed by atoms with van der Waals surface area (Å²) in [6.45, 7) is 10.7. The van der Waals surface area contributed by atoms with Crippen molar-refractivity contribution in [1.29, 1.82) is 0 Å². The zero-order chi connectivity index (χ0) is 20.3. The number of hydrogen-bond donors (Lipinski definition) is 1. The smallest absolute Gasteiger partial charge is 0.193 e. The Bertz CT molecular complexity index is 633. The molecule has 2 aliphatic heterocycles. The number of para-hydroxylation sites is 1. The largest absolute Gasteiger partial charge is 0.492 e. The minimum atomic E-state index is 0. The summed E-state index contributed by atoms with van der Waals surface area (Å²) >= 11 is 0. The van der Waals surface area contributed by atoms with Crippen LogP contribution in [0.1, 0.15) is 25.3 Å².